The van der Waals surface area contributed by atoms with Gasteiger partial charge in [-0.2, -0.15) is 0 Å². The minimum Gasteiger partial charge on any atom is -0.490 e. The number of rotatable bonds is 4. The third-order valence-electron chi connectivity index (χ3n) is 4.62. The Morgan fingerprint density at radius 1 is 1.23 bits per heavy atom. The summed E-state index contributed by atoms with van der Waals surface area (Å²) in [7, 11) is -0.609. The first-order valence-corrected chi connectivity index (χ1v) is 7.66. The van der Waals surface area contributed by atoms with Crippen LogP contribution in [0.2, 0.25) is 0 Å². The quantitative estimate of drug-likeness (QED) is 0.858. The summed E-state index contributed by atoms with van der Waals surface area (Å²) in [4.78, 5) is 11.8. The first kappa shape index (κ1) is 15.4. The summed E-state index contributed by atoms with van der Waals surface area (Å²) in [5.74, 6) is 0.155. The fourth-order valence-electron chi connectivity index (χ4n) is 2.38. The Morgan fingerprint density at radius 2 is 1.82 bits per heavy atom. The smallest absolute Gasteiger partial charge is 0.490 e. The predicted octanol–water partition coefficient (Wildman–Crippen LogP) is 1.63. The van der Waals surface area contributed by atoms with Crippen LogP contribution in [0.4, 0.5) is 0 Å². The Labute approximate surface area is 131 Å². The van der Waals surface area contributed by atoms with Gasteiger partial charge in [0.1, 0.15) is 5.75 Å². The van der Waals surface area contributed by atoms with Crippen molar-refractivity contribution in [2.24, 2.45) is 5.73 Å². The summed E-state index contributed by atoms with van der Waals surface area (Å²) in [5.41, 5.74) is 5.64. The van der Waals surface area contributed by atoms with E-state index in [2.05, 4.69) is 0 Å². The lowest BCUT2D eigenvalue weighted by molar-refractivity contribution is 0.00578. The van der Waals surface area contributed by atoms with Gasteiger partial charge in [-0.25, -0.2) is 0 Å². The van der Waals surface area contributed by atoms with E-state index in [0.29, 0.717) is 16.8 Å². The fourth-order valence-corrected chi connectivity index (χ4v) is 2.38. The molecular weight excluding hydrogens is 281 g/mol. The number of amides is 1. The average molecular weight is 303 g/mol. The number of primary amides is 1. The molecule has 0 bridgehead atoms. The van der Waals surface area contributed by atoms with Gasteiger partial charge >= 0.3 is 7.12 Å². The molecule has 118 valence electrons. The van der Waals surface area contributed by atoms with Gasteiger partial charge in [0.15, 0.2) is 0 Å². The Kier molecular flexibility index (Phi) is 3.49. The Bertz CT molecular complexity index is 594. The number of hydrogen-bond donors (Lipinski definition) is 1. The van der Waals surface area contributed by atoms with E-state index < -0.39 is 24.2 Å². The van der Waals surface area contributed by atoms with Crippen LogP contribution in [0.15, 0.2) is 18.2 Å². The summed E-state index contributed by atoms with van der Waals surface area (Å²) >= 11 is 0. The summed E-state index contributed by atoms with van der Waals surface area (Å²) < 4.78 is 17.7. The van der Waals surface area contributed by atoms with Gasteiger partial charge in [-0.3, -0.25) is 4.79 Å². The van der Waals surface area contributed by atoms with Crippen LogP contribution in [0, 0.1) is 0 Å². The molecule has 6 heteroatoms. The number of nitrogens with two attached hydrogens (primary N) is 1. The first-order valence-electron chi connectivity index (χ1n) is 7.66. The molecule has 1 aliphatic carbocycles. The first-order chi connectivity index (χ1) is 10.2. The lowest BCUT2D eigenvalue weighted by Crippen LogP contribution is -2.41. The highest BCUT2D eigenvalue weighted by atomic mass is 16.7. The van der Waals surface area contributed by atoms with Crippen LogP contribution in [-0.4, -0.2) is 30.3 Å². The molecule has 5 nitrogen and oxygen atoms in total. The Morgan fingerprint density at radius 3 is 2.32 bits per heavy atom. The predicted molar refractivity (Wildman–Crippen MR) is 84.3 cm³/mol. The molecule has 0 radical (unpaired) electrons. The number of carbonyl (C=O) groups excluding carboxylic acids is 1. The normalized spacial score (nSPS) is 22.6. The Balaban J connectivity index is 1.91. The maximum Gasteiger partial charge on any atom is 0.495 e. The molecule has 22 heavy (non-hydrogen) atoms. The molecule has 1 saturated heterocycles. The molecule has 1 aliphatic heterocycles. The molecule has 0 spiro atoms. The van der Waals surface area contributed by atoms with Gasteiger partial charge in [0.05, 0.1) is 17.3 Å². The molecule has 2 fully saturated rings. The minimum atomic E-state index is -0.609. The van der Waals surface area contributed by atoms with E-state index in [-0.39, 0.29) is 6.10 Å². The number of carbonyl (C=O) groups is 1. The SMILES string of the molecule is CC1(C)OB(c2ccc(OC3CC3)cc2C(N)=O)OC1(C)C. The van der Waals surface area contributed by atoms with Crippen LogP contribution in [0.25, 0.3) is 0 Å². The van der Waals surface area contributed by atoms with Crippen molar-refractivity contribution >= 4 is 18.5 Å². The summed E-state index contributed by atoms with van der Waals surface area (Å²) in [6, 6.07) is 5.33. The van der Waals surface area contributed by atoms with Crippen molar-refractivity contribution in [3.05, 3.63) is 23.8 Å². The van der Waals surface area contributed by atoms with Crippen molar-refractivity contribution in [2.45, 2.75) is 57.8 Å². The van der Waals surface area contributed by atoms with Gasteiger partial charge in [-0.1, -0.05) is 6.07 Å². The molecular formula is C16H22BNO4. The van der Waals surface area contributed by atoms with Crippen molar-refractivity contribution < 1.29 is 18.8 Å². The molecule has 1 saturated carbocycles. The zero-order chi connectivity index (χ0) is 16.1. The number of hydrogen-bond acceptors (Lipinski definition) is 4. The van der Waals surface area contributed by atoms with Crippen LogP contribution in [0.3, 0.4) is 0 Å². The van der Waals surface area contributed by atoms with E-state index in [0.717, 1.165) is 12.8 Å². The van der Waals surface area contributed by atoms with Crippen LogP contribution < -0.4 is 15.9 Å². The zero-order valence-electron chi connectivity index (χ0n) is 13.5. The molecule has 1 heterocycles. The molecule has 0 aromatic heterocycles. The van der Waals surface area contributed by atoms with Gasteiger partial charge in [0, 0.05) is 5.56 Å². The van der Waals surface area contributed by atoms with Crippen molar-refractivity contribution in [3.63, 3.8) is 0 Å². The molecule has 1 aromatic rings. The van der Waals surface area contributed by atoms with E-state index in [4.69, 9.17) is 19.8 Å². The van der Waals surface area contributed by atoms with Crippen molar-refractivity contribution in [3.8, 4) is 5.75 Å². The summed E-state index contributed by atoms with van der Waals surface area (Å²) in [6.45, 7) is 7.89. The van der Waals surface area contributed by atoms with Crippen LogP contribution in [0.1, 0.15) is 50.9 Å². The topological polar surface area (TPSA) is 70.8 Å². The van der Waals surface area contributed by atoms with Crippen molar-refractivity contribution in [1.29, 1.82) is 0 Å². The molecule has 1 aromatic carbocycles. The second kappa shape index (κ2) is 5.00. The van der Waals surface area contributed by atoms with Crippen molar-refractivity contribution in [1.82, 2.24) is 0 Å². The van der Waals surface area contributed by atoms with E-state index in [1.165, 1.54) is 0 Å². The van der Waals surface area contributed by atoms with E-state index in [9.17, 15) is 4.79 Å². The lowest BCUT2D eigenvalue weighted by Gasteiger charge is -2.32. The maximum absolute atomic E-state index is 11.8. The van der Waals surface area contributed by atoms with E-state index in [1.807, 2.05) is 33.8 Å². The molecule has 0 atom stereocenters. The van der Waals surface area contributed by atoms with Crippen LogP contribution >= 0.6 is 0 Å². The number of ether oxygens (including phenoxy) is 1. The second-order valence-electron chi connectivity index (χ2n) is 7.02. The fraction of sp³-hybridized carbons (Fsp3) is 0.562. The maximum atomic E-state index is 11.8. The highest BCUT2D eigenvalue weighted by Crippen LogP contribution is 2.37. The summed E-state index contributed by atoms with van der Waals surface area (Å²) in [6.07, 6.45) is 2.39. The standard InChI is InChI=1S/C16H22BNO4/c1-15(2)16(3,4)22-17(21-15)13-8-7-11(20-10-5-6-10)9-12(13)14(18)19/h7-10H,5-6H2,1-4H3,(H2,18,19). The third-order valence-corrected chi connectivity index (χ3v) is 4.62. The molecule has 3 rings (SSSR count). The molecule has 2 N–H and O–H groups in total. The minimum absolute atomic E-state index is 0.267. The van der Waals surface area contributed by atoms with E-state index in [1.54, 1.807) is 12.1 Å². The van der Waals surface area contributed by atoms with Crippen LogP contribution in [-0.2, 0) is 9.31 Å². The highest BCUT2D eigenvalue weighted by Gasteiger charge is 2.52. The van der Waals surface area contributed by atoms with E-state index >= 15 is 0 Å². The number of benzene rings is 1. The molecule has 1 amide bonds. The van der Waals surface area contributed by atoms with Gasteiger partial charge in [0.25, 0.3) is 0 Å². The zero-order valence-corrected chi connectivity index (χ0v) is 13.5. The van der Waals surface area contributed by atoms with Gasteiger partial charge < -0.3 is 19.8 Å². The lowest BCUT2D eigenvalue weighted by atomic mass is 9.75. The van der Waals surface area contributed by atoms with Gasteiger partial charge in [-0.05, 0) is 58.1 Å². The van der Waals surface area contributed by atoms with Crippen molar-refractivity contribution in [2.75, 3.05) is 0 Å². The molecule has 2 aliphatic rings. The monoisotopic (exact) mass is 303 g/mol. The van der Waals surface area contributed by atoms with Gasteiger partial charge in [-0.15, -0.1) is 0 Å². The van der Waals surface area contributed by atoms with Gasteiger partial charge in [0.2, 0.25) is 5.91 Å². The third kappa shape index (κ3) is 2.73. The highest BCUT2D eigenvalue weighted by molar-refractivity contribution is 6.63. The average Bonchev–Trinajstić information content (AvgIpc) is 3.17. The Hall–Kier alpha value is -1.53. The second-order valence-corrected chi connectivity index (χ2v) is 7.02. The molecule has 0 unspecified atom stereocenters. The largest absolute Gasteiger partial charge is 0.495 e. The van der Waals surface area contributed by atoms with Crippen LogP contribution in [0.5, 0.6) is 5.75 Å². The summed E-state index contributed by atoms with van der Waals surface area (Å²) in [5, 5.41) is 0.